The number of rotatable bonds is 7. The SMILES string of the molecule is C[C@H](NS(=O)(=O)C=Cc1nn(C)c2c1CCCCC2Cc1ccc(F)cc1)c1ccccc1. The zero-order chi connectivity index (χ0) is 23.4. The molecule has 1 N–H and O–H groups in total. The van der Waals surface area contributed by atoms with E-state index in [1.807, 2.05) is 61.1 Å². The quantitative estimate of drug-likeness (QED) is 0.482. The summed E-state index contributed by atoms with van der Waals surface area (Å²) >= 11 is 0. The Kier molecular flexibility index (Phi) is 7.10. The summed E-state index contributed by atoms with van der Waals surface area (Å²) < 4.78 is 43.3. The van der Waals surface area contributed by atoms with Crippen LogP contribution in [-0.4, -0.2) is 18.2 Å². The summed E-state index contributed by atoms with van der Waals surface area (Å²) in [6.45, 7) is 1.83. The summed E-state index contributed by atoms with van der Waals surface area (Å²) in [5.74, 6) is 0.0325. The average molecular weight is 468 g/mol. The molecule has 0 bridgehead atoms. The molecule has 0 saturated carbocycles. The average Bonchev–Trinajstić information content (AvgIpc) is 2.96. The summed E-state index contributed by atoms with van der Waals surface area (Å²) in [4.78, 5) is 0. The Labute approximate surface area is 195 Å². The lowest BCUT2D eigenvalue weighted by atomic mass is 9.91. The molecule has 33 heavy (non-hydrogen) atoms. The van der Waals surface area contributed by atoms with Gasteiger partial charge in [0.1, 0.15) is 5.82 Å². The van der Waals surface area contributed by atoms with E-state index in [9.17, 15) is 12.8 Å². The summed E-state index contributed by atoms with van der Waals surface area (Å²) in [7, 11) is -1.72. The second kappa shape index (κ2) is 10.0. The maximum Gasteiger partial charge on any atom is 0.234 e. The van der Waals surface area contributed by atoms with Gasteiger partial charge in [-0.3, -0.25) is 4.68 Å². The number of benzene rings is 2. The van der Waals surface area contributed by atoms with E-state index in [4.69, 9.17) is 0 Å². The highest BCUT2D eigenvalue weighted by Crippen LogP contribution is 2.35. The van der Waals surface area contributed by atoms with Crippen LogP contribution in [0, 0.1) is 5.82 Å². The number of aryl methyl sites for hydroxylation is 1. The van der Waals surface area contributed by atoms with Gasteiger partial charge in [0, 0.05) is 35.7 Å². The normalized spacial score (nSPS) is 17.6. The van der Waals surface area contributed by atoms with E-state index in [1.54, 1.807) is 6.08 Å². The Balaban J connectivity index is 1.55. The molecule has 0 saturated heterocycles. The Hall–Kier alpha value is -2.77. The molecule has 1 aromatic heterocycles. The van der Waals surface area contributed by atoms with Crippen molar-refractivity contribution in [2.75, 3.05) is 0 Å². The maximum absolute atomic E-state index is 13.3. The van der Waals surface area contributed by atoms with Crippen molar-refractivity contribution in [1.29, 1.82) is 0 Å². The highest BCUT2D eigenvalue weighted by Gasteiger charge is 2.26. The van der Waals surface area contributed by atoms with Crippen LogP contribution in [-0.2, 0) is 29.9 Å². The van der Waals surface area contributed by atoms with Crippen LogP contribution in [0.2, 0.25) is 0 Å². The number of sulfonamides is 1. The molecule has 2 atom stereocenters. The number of halogens is 1. The van der Waals surface area contributed by atoms with Crippen LogP contribution in [0.15, 0.2) is 60.0 Å². The Morgan fingerprint density at radius 2 is 1.88 bits per heavy atom. The second-order valence-electron chi connectivity index (χ2n) is 8.74. The van der Waals surface area contributed by atoms with Gasteiger partial charge in [-0.25, -0.2) is 17.5 Å². The topological polar surface area (TPSA) is 64.0 Å². The van der Waals surface area contributed by atoms with Crippen molar-refractivity contribution in [3.05, 3.63) is 93.9 Å². The third-order valence-electron chi connectivity index (χ3n) is 6.28. The molecular weight excluding hydrogens is 437 g/mol. The van der Waals surface area contributed by atoms with Crippen molar-refractivity contribution in [2.24, 2.45) is 7.05 Å². The van der Waals surface area contributed by atoms with Gasteiger partial charge in [0.25, 0.3) is 0 Å². The molecule has 3 aromatic rings. The molecule has 7 heteroatoms. The van der Waals surface area contributed by atoms with Crippen LogP contribution in [0.1, 0.15) is 66.2 Å². The van der Waals surface area contributed by atoms with Crippen molar-refractivity contribution in [3.8, 4) is 0 Å². The van der Waals surface area contributed by atoms with Gasteiger partial charge in [0.2, 0.25) is 10.0 Å². The van der Waals surface area contributed by atoms with Gasteiger partial charge >= 0.3 is 0 Å². The van der Waals surface area contributed by atoms with Crippen LogP contribution in [0.5, 0.6) is 0 Å². The Morgan fingerprint density at radius 1 is 1.15 bits per heavy atom. The Bertz CT molecular complexity index is 1220. The molecule has 0 spiro atoms. The van der Waals surface area contributed by atoms with Gasteiger partial charge in [-0.15, -0.1) is 0 Å². The number of hydrogen-bond acceptors (Lipinski definition) is 3. The third-order valence-corrected chi connectivity index (χ3v) is 7.46. The third kappa shape index (κ3) is 5.78. The van der Waals surface area contributed by atoms with Crippen LogP contribution < -0.4 is 4.72 Å². The number of hydrogen-bond donors (Lipinski definition) is 1. The van der Waals surface area contributed by atoms with Crippen molar-refractivity contribution < 1.29 is 12.8 Å². The predicted molar refractivity (Wildman–Crippen MR) is 130 cm³/mol. The molecule has 1 unspecified atom stereocenters. The molecule has 2 aromatic carbocycles. The van der Waals surface area contributed by atoms with E-state index in [2.05, 4.69) is 9.82 Å². The molecule has 0 radical (unpaired) electrons. The molecule has 0 amide bonds. The van der Waals surface area contributed by atoms with Gasteiger partial charge < -0.3 is 0 Å². The van der Waals surface area contributed by atoms with Crippen molar-refractivity contribution in [1.82, 2.24) is 14.5 Å². The molecule has 5 nitrogen and oxygen atoms in total. The lowest BCUT2D eigenvalue weighted by Crippen LogP contribution is -2.24. The van der Waals surface area contributed by atoms with Crippen molar-refractivity contribution >= 4 is 16.1 Å². The van der Waals surface area contributed by atoms with Gasteiger partial charge in [0.15, 0.2) is 0 Å². The van der Waals surface area contributed by atoms with Crippen molar-refractivity contribution in [2.45, 2.75) is 51.0 Å². The maximum atomic E-state index is 13.3. The predicted octanol–water partition coefficient (Wildman–Crippen LogP) is 5.26. The number of aromatic nitrogens is 2. The first kappa shape index (κ1) is 23.4. The molecule has 4 rings (SSSR count). The van der Waals surface area contributed by atoms with E-state index in [1.165, 1.54) is 17.5 Å². The second-order valence-corrected chi connectivity index (χ2v) is 10.3. The standard InChI is InChI=1S/C26H30FN3O2S/c1-19(21-8-4-3-5-9-21)29-33(31,32)17-16-25-24-11-7-6-10-22(26(24)30(2)28-25)18-20-12-14-23(27)15-13-20/h3-5,8-9,12-17,19,22,29H,6-7,10-11,18H2,1-2H3/t19-,22?/m0/s1. The summed E-state index contributed by atoms with van der Waals surface area (Å²) in [6.07, 6.45) is 6.45. The van der Waals surface area contributed by atoms with Crippen LogP contribution in [0.25, 0.3) is 6.08 Å². The molecular formula is C26H30FN3O2S. The number of nitrogens with one attached hydrogen (secondary N) is 1. The molecule has 0 aliphatic heterocycles. The fourth-order valence-corrected chi connectivity index (χ4v) is 5.70. The molecule has 0 fully saturated rings. The Morgan fingerprint density at radius 3 is 2.61 bits per heavy atom. The first-order chi connectivity index (χ1) is 15.8. The summed E-state index contributed by atoms with van der Waals surface area (Å²) in [5.41, 5.74) is 4.97. The number of fused-ring (bicyclic) bond motifs is 1. The lowest BCUT2D eigenvalue weighted by molar-refractivity contribution is 0.547. The van der Waals surface area contributed by atoms with E-state index >= 15 is 0 Å². The largest absolute Gasteiger partial charge is 0.271 e. The van der Waals surface area contributed by atoms with E-state index in [-0.39, 0.29) is 17.8 Å². The van der Waals surface area contributed by atoms with Crippen LogP contribution in [0.4, 0.5) is 4.39 Å². The zero-order valence-corrected chi connectivity index (χ0v) is 19.9. The number of nitrogens with zero attached hydrogens (tertiary/aromatic N) is 2. The smallest absolute Gasteiger partial charge is 0.234 e. The highest BCUT2D eigenvalue weighted by atomic mass is 32.2. The molecule has 174 valence electrons. The first-order valence-corrected chi connectivity index (χ1v) is 12.9. The molecule has 1 aliphatic rings. The van der Waals surface area contributed by atoms with Crippen LogP contribution in [0.3, 0.4) is 0 Å². The fraction of sp³-hybridized carbons (Fsp3) is 0.346. The first-order valence-electron chi connectivity index (χ1n) is 11.4. The summed E-state index contributed by atoms with van der Waals surface area (Å²) in [5, 5.41) is 5.88. The van der Waals surface area contributed by atoms with E-state index < -0.39 is 10.0 Å². The van der Waals surface area contributed by atoms with E-state index in [0.29, 0.717) is 5.69 Å². The zero-order valence-electron chi connectivity index (χ0n) is 19.0. The minimum Gasteiger partial charge on any atom is -0.271 e. The monoisotopic (exact) mass is 467 g/mol. The van der Waals surface area contributed by atoms with Gasteiger partial charge in [0.05, 0.1) is 5.69 Å². The molecule has 1 heterocycles. The fourth-order valence-electron chi connectivity index (χ4n) is 4.69. The van der Waals surface area contributed by atoms with Gasteiger partial charge in [-0.1, -0.05) is 48.9 Å². The van der Waals surface area contributed by atoms with Crippen molar-refractivity contribution in [3.63, 3.8) is 0 Å². The minimum absolute atomic E-state index is 0.232. The summed E-state index contributed by atoms with van der Waals surface area (Å²) in [6, 6.07) is 15.8. The van der Waals surface area contributed by atoms with E-state index in [0.717, 1.165) is 54.5 Å². The lowest BCUT2D eigenvalue weighted by Gasteiger charge is -2.17. The van der Waals surface area contributed by atoms with Crippen LogP contribution >= 0.6 is 0 Å². The highest BCUT2D eigenvalue weighted by molar-refractivity contribution is 7.92. The minimum atomic E-state index is -3.64. The van der Waals surface area contributed by atoms with Gasteiger partial charge in [-0.05, 0) is 61.9 Å². The van der Waals surface area contributed by atoms with Gasteiger partial charge in [-0.2, -0.15) is 5.10 Å². The molecule has 1 aliphatic carbocycles.